The van der Waals surface area contributed by atoms with Gasteiger partial charge in [0.05, 0.1) is 0 Å². The molecule has 0 amide bonds. The third-order valence-corrected chi connectivity index (χ3v) is 3.56. The van der Waals surface area contributed by atoms with E-state index in [-0.39, 0.29) is 51.4 Å². The minimum absolute atomic E-state index is 0. The normalized spacial score (nSPS) is 12.7. The molecule has 0 aliphatic rings. The molecular formula is C7H15KOSi. The van der Waals surface area contributed by atoms with E-state index in [1.54, 1.807) is 0 Å². The number of rotatable bonds is 2. The molecule has 0 radical (unpaired) electrons. The maximum atomic E-state index is 11.3. The molecule has 0 atom stereocenters. The first-order chi connectivity index (χ1) is 3.98. The molecule has 54 valence electrons. The molecule has 0 spiro atoms. The van der Waals surface area contributed by atoms with Crippen molar-refractivity contribution in [1.29, 1.82) is 0 Å². The minimum Gasteiger partial charge on any atom is -0.855 e. The van der Waals surface area contributed by atoms with E-state index in [9.17, 15) is 4.80 Å². The molecule has 0 rings (SSSR count). The van der Waals surface area contributed by atoms with E-state index >= 15 is 0 Å². The van der Waals surface area contributed by atoms with Gasteiger partial charge in [-0.15, -0.1) is 5.20 Å². The van der Waals surface area contributed by atoms with Crippen LogP contribution in [-0.2, 0) is 0 Å². The minimum atomic E-state index is -2.17. The number of hydrogen-bond acceptors (Lipinski definition) is 1. The van der Waals surface area contributed by atoms with Crippen molar-refractivity contribution in [2.75, 3.05) is 0 Å². The van der Waals surface area contributed by atoms with E-state index in [4.69, 9.17) is 0 Å². The van der Waals surface area contributed by atoms with Crippen molar-refractivity contribution >= 4 is 8.32 Å². The smallest absolute Gasteiger partial charge is 0.855 e. The molecule has 0 aromatic rings. The third-order valence-electron chi connectivity index (χ3n) is 1.46. The van der Waals surface area contributed by atoms with Gasteiger partial charge in [0, 0.05) is 0 Å². The van der Waals surface area contributed by atoms with E-state index in [1.807, 2.05) is 26.1 Å². The molecular weight excluding hydrogens is 167 g/mol. The molecule has 1 nitrogen and oxygen atoms in total. The Morgan fingerprint density at radius 2 is 1.90 bits per heavy atom. The molecule has 3 heteroatoms. The monoisotopic (exact) mass is 182 g/mol. The van der Waals surface area contributed by atoms with Gasteiger partial charge in [0.1, 0.15) is 0 Å². The zero-order valence-electron chi connectivity index (χ0n) is 7.69. The summed E-state index contributed by atoms with van der Waals surface area (Å²) in [5.41, 5.74) is 0. The summed E-state index contributed by atoms with van der Waals surface area (Å²) in [4.78, 5) is 11.3. The van der Waals surface area contributed by atoms with Crippen molar-refractivity contribution in [3.8, 4) is 0 Å². The summed E-state index contributed by atoms with van der Waals surface area (Å²) in [5.74, 6) is 0. The maximum Gasteiger partial charge on any atom is 1.00 e. The second-order valence-corrected chi connectivity index (χ2v) is 6.61. The zero-order valence-corrected chi connectivity index (χ0v) is 11.8. The van der Waals surface area contributed by atoms with E-state index in [1.165, 1.54) is 0 Å². The number of allylic oxidation sites excluding steroid dienone is 2. The van der Waals surface area contributed by atoms with Crippen molar-refractivity contribution in [2.45, 2.75) is 33.4 Å². The molecule has 0 aliphatic carbocycles. The Balaban J connectivity index is 0. The van der Waals surface area contributed by atoms with Gasteiger partial charge in [-0.3, -0.25) is 0 Å². The van der Waals surface area contributed by atoms with Gasteiger partial charge in [-0.2, -0.15) is 0 Å². The molecule has 0 N–H and O–H groups in total. The predicted molar refractivity (Wildman–Crippen MR) is 41.5 cm³/mol. The van der Waals surface area contributed by atoms with Crippen LogP contribution in [0, 0.1) is 0 Å². The van der Waals surface area contributed by atoms with Crippen molar-refractivity contribution in [2.24, 2.45) is 0 Å². The SMILES string of the molecule is CC/C=C(/C)[Si](C)(C)[O-].[K+]. The molecule has 0 fully saturated rings. The zero-order chi connectivity index (χ0) is 7.49. The Hall–Kier alpha value is 1.55. The van der Waals surface area contributed by atoms with Crippen molar-refractivity contribution in [3.63, 3.8) is 0 Å². The fraction of sp³-hybridized carbons (Fsp3) is 0.714. The summed E-state index contributed by atoms with van der Waals surface area (Å²) in [6.45, 7) is 7.66. The van der Waals surface area contributed by atoms with Crippen LogP contribution in [0.3, 0.4) is 0 Å². The van der Waals surface area contributed by atoms with Crippen LogP contribution in [0.5, 0.6) is 0 Å². The molecule has 0 aromatic carbocycles. The largest absolute Gasteiger partial charge is 1.00 e. The fourth-order valence-electron chi connectivity index (χ4n) is 0.552. The van der Waals surface area contributed by atoms with E-state index in [2.05, 4.69) is 6.92 Å². The van der Waals surface area contributed by atoms with E-state index in [0.29, 0.717) is 0 Å². The molecule has 0 saturated carbocycles. The predicted octanol–water partition coefficient (Wildman–Crippen LogP) is -1.55. The quantitative estimate of drug-likeness (QED) is 0.474. The second kappa shape index (κ2) is 6.11. The van der Waals surface area contributed by atoms with Gasteiger partial charge < -0.3 is 4.80 Å². The molecule has 0 aliphatic heterocycles. The van der Waals surface area contributed by atoms with Crippen LogP contribution in [0.1, 0.15) is 20.3 Å². The Kier molecular flexibility index (Phi) is 8.62. The first kappa shape index (κ1) is 14.1. The molecule has 0 saturated heterocycles. The van der Waals surface area contributed by atoms with E-state index in [0.717, 1.165) is 11.6 Å². The summed E-state index contributed by atoms with van der Waals surface area (Å²) in [5, 5.41) is 1.07. The number of hydrogen-bond donors (Lipinski definition) is 0. The molecule has 10 heavy (non-hydrogen) atoms. The van der Waals surface area contributed by atoms with Gasteiger partial charge in [0.25, 0.3) is 0 Å². The van der Waals surface area contributed by atoms with Gasteiger partial charge in [-0.1, -0.05) is 26.1 Å². The molecule has 0 unspecified atom stereocenters. The van der Waals surface area contributed by atoms with Crippen LogP contribution >= 0.6 is 0 Å². The Bertz CT molecular complexity index is 115. The second-order valence-electron chi connectivity index (χ2n) is 2.81. The Morgan fingerprint density at radius 1 is 1.50 bits per heavy atom. The van der Waals surface area contributed by atoms with Crippen molar-refractivity contribution in [3.05, 3.63) is 11.3 Å². The summed E-state index contributed by atoms with van der Waals surface area (Å²) in [6, 6.07) is 0. The van der Waals surface area contributed by atoms with Gasteiger partial charge in [0.15, 0.2) is 0 Å². The fourth-order valence-corrected chi connectivity index (χ4v) is 1.25. The average molecular weight is 182 g/mol. The first-order valence-corrected chi connectivity index (χ1v) is 6.27. The van der Waals surface area contributed by atoms with Crippen LogP contribution in [-0.4, -0.2) is 8.32 Å². The summed E-state index contributed by atoms with van der Waals surface area (Å²) in [6.07, 6.45) is 3.03. The maximum absolute atomic E-state index is 11.3. The third kappa shape index (κ3) is 6.28. The summed E-state index contributed by atoms with van der Waals surface area (Å²) >= 11 is 0. The average Bonchev–Trinajstić information content (AvgIpc) is 1.64. The van der Waals surface area contributed by atoms with Gasteiger partial charge >= 0.3 is 51.4 Å². The Labute approximate surface area is 107 Å². The molecule has 0 bridgehead atoms. The first-order valence-electron chi connectivity index (χ1n) is 3.36. The summed E-state index contributed by atoms with van der Waals surface area (Å²) in [7, 11) is -2.17. The van der Waals surface area contributed by atoms with Crippen LogP contribution < -0.4 is 56.2 Å². The van der Waals surface area contributed by atoms with Crippen LogP contribution in [0.2, 0.25) is 13.1 Å². The van der Waals surface area contributed by atoms with E-state index < -0.39 is 8.32 Å². The van der Waals surface area contributed by atoms with Crippen molar-refractivity contribution < 1.29 is 56.2 Å². The van der Waals surface area contributed by atoms with Crippen LogP contribution in [0.15, 0.2) is 11.3 Å². The van der Waals surface area contributed by atoms with Gasteiger partial charge in [0.2, 0.25) is 0 Å². The molecule has 0 aromatic heterocycles. The van der Waals surface area contributed by atoms with Gasteiger partial charge in [-0.05, 0) is 21.7 Å². The Morgan fingerprint density at radius 3 is 2.00 bits per heavy atom. The summed E-state index contributed by atoms with van der Waals surface area (Å²) < 4.78 is 0. The van der Waals surface area contributed by atoms with Crippen LogP contribution in [0.25, 0.3) is 0 Å². The van der Waals surface area contributed by atoms with Crippen LogP contribution in [0.4, 0.5) is 0 Å². The van der Waals surface area contributed by atoms with Crippen molar-refractivity contribution in [1.82, 2.24) is 0 Å². The van der Waals surface area contributed by atoms with Gasteiger partial charge in [-0.25, -0.2) is 0 Å². The standard InChI is InChI=1S/C7H15OSi.K/c1-5-6-7(2)9(3,4)8;/h6H,5H2,1-4H3;/q-1;+1/b7-6-;. The molecule has 0 heterocycles. The topological polar surface area (TPSA) is 23.1 Å².